The Morgan fingerprint density at radius 3 is 2.75 bits per heavy atom. The van der Waals surface area contributed by atoms with Crippen LogP contribution in [-0.4, -0.2) is 35.0 Å². The molecule has 1 fully saturated rings. The maximum atomic E-state index is 11.1. The van der Waals surface area contributed by atoms with Crippen LogP contribution < -0.4 is 5.32 Å². The van der Waals surface area contributed by atoms with Gasteiger partial charge in [0.1, 0.15) is 0 Å². The minimum absolute atomic E-state index is 0.230. The molecule has 1 heterocycles. The summed E-state index contributed by atoms with van der Waals surface area (Å²) < 4.78 is 0. The van der Waals surface area contributed by atoms with Gasteiger partial charge in [-0.3, -0.25) is 15.0 Å². The molecule has 2 atom stereocenters. The highest BCUT2D eigenvalue weighted by atomic mass is 16.6. The number of piperazine rings is 1. The van der Waals surface area contributed by atoms with Crippen LogP contribution in [0.25, 0.3) is 0 Å². The Labute approximate surface area is 120 Å². The molecule has 0 saturated carbocycles. The molecule has 0 aromatic heterocycles. The van der Waals surface area contributed by atoms with Gasteiger partial charge in [0.2, 0.25) is 0 Å². The Morgan fingerprint density at radius 1 is 1.35 bits per heavy atom. The van der Waals surface area contributed by atoms with E-state index in [1.807, 2.05) is 12.1 Å². The van der Waals surface area contributed by atoms with Crippen LogP contribution in [0.4, 0.5) is 5.69 Å². The van der Waals surface area contributed by atoms with Gasteiger partial charge in [-0.15, -0.1) is 0 Å². The third kappa shape index (κ3) is 3.35. The van der Waals surface area contributed by atoms with Crippen LogP contribution in [0, 0.1) is 10.1 Å². The van der Waals surface area contributed by atoms with E-state index in [9.17, 15) is 10.1 Å². The number of hydrogen-bond donors (Lipinski definition) is 1. The van der Waals surface area contributed by atoms with E-state index in [0.29, 0.717) is 18.6 Å². The summed E-state index contributed by atoms with van der Waals surface area (Å²) in [4.78, 5) is 13.2. The second kappa shape index (κ2) is 6.81. The maximum absolute atomic E-state index is 11.1. The summed E-state index contributed by atoms with van der Waals surface area (Å²) in [5.74, 6) is 0. The number of nitro benzene ring substituents is 1. The molecular weight excluding hydrogens is 254 g/mol. The molecule has 0 radical (unpaired) electrons. The molecular formula is C15H23N3O2. The molecule has 0 amide bonds. The van der Waals surface area contributed by atoms with Crippen molar-refractivity contribution in [2.24, 2.45) is 0 Å². The molecule has 1 aromatic carbocycles. The quantitative estimate of drug-likeness (QED) is 0.664. The summed E-state index contributed by atoms with van der Waals surface area (Å²) in [6.07, 6.45) is 2.15. The molecule has 2 rings (SSSR count). The molecule has 1 aromatic rings. The summed E-state index contributed by atoms with van der Waals surface area (Å²) >= 11 is 0. The van der Waals surface area contributed by atoms with Crippen LogP contribution in [0.15, 0.2) is 24.3 Å². The predicted octanol–water partition coefficient (Wildman–Crippen LogP) is 2.56. The molecule has 1 saturated heterocycles. The van der Waals surface area contributed by atoms with E-state index in [1.165, 1.54) is 0 Å². The lowest BCUT2D eigenvalue weighted by Gasteiger charge is -2.39. The fourth-order valence-electron chi connectivity index (χ4n) is 2.84. The van der Waals surface area contributed by atoms with Gasteiger partial charge in [0.25, 0.3) is 5.69 Å². The van der Waals surface area contributed by atoms with Crippen molar-refractivity contribution < 1.29 is 4.92 Å². The lowest BCUT2D eigenvalue weighted by atomic mass is 10.0. The van der Waals surface area contributed by atoms with E-state index in [4.69, 9.17) is 0 Å². The fourth-order valence-corrected chi connectivity index (χ4v) is 2.84. The first-order valence-electron chi connectivity index (χ1n) is 7.35. The van der Waals surface area contributed by atoms with Gasteiger partial charge in [-0.1, -0.05) is 32.0 Å². The summed E-state index contributed by atoms with van der Waals surface area (Å²) in [7, 11) is 0. The summed E-state index contributed by atoms with van der Waals surface area (Å²) in [6.45, 7) is 6.93. The third-order valence-corrected chi connectivity index (χ3v) is 4.14. The Balaban J connectivity index is 2.16. The Morgan fingerprint density at radius 2 is 2.10 bits per heavy atom. The monoisotopic (exact) mass is 277 g/mol. The summed E-state index contributed by atoms with van der Waals surface area (Å²) in [6, 6.07) is 8.01. The lowest BCUT2D eigenvalue weighted by molar-refractivity contribution is -0.385. The number of nitrogens with zero attached hydrogens (tertiary/aromatic N) is 2. The second-order valence-corrected chi connectivity index (χ2v) is 5.39. The highest BCUT2D eigenvalue weighted by Gasteiger charge is 2.27. The number of benzene rings is 1. The molecule has 0 bridgehead atoms. The SMILES string of the molecule is CCC1CN(Cc2ccccc2[N+](=O)[O-])C(CC)CN1. The predicted molar refractivity (Wildman–Crippen MR) is 79.7 cm³/mol. The van der Waals surface area contributed by atoms with Gasteiger partial charge in [0.15, 0.2) is 0 Å². The Hall–Kier alpha value is -1.46. The van der Waals surface area contributed by atoms with Gasteiger partial charge >= 0.3 is 0 Å². The minimum Gasteiger partial charge on any atom is -0.311 e. The van der Waals surface area contributed by atoms with Crippen molar-refractivity contribution in [3.63, 3.8) is 0 Å². The van der Waals surface area contributed by atoms with Crippen LogP contribution in [0.1, 0.15) is 32.3 Å². The molecule has 0 spiro atoms. The molecule has 5 nitrogen and oxygen atoms in total. The standard InChI is InChI=1S/C15H23N3O2/c1-3-13-11-17(14(4-2)9-16-13)10-12-7-5-6-8-15(12)18(19)20/h5-8,13-14,16H,3-4,9-11H2,1-2H3. The van der Waals surface area contributed by atoms with E-state index in [-0.39, 0.29) is 10.6 Å². The van der Waals surface area contributed by atoms with Crippen molar-refractivity contribution in [3.05, 3.63) is 39.9 Å². The van der Waals surface area contributed by atoms with Crippen molar-refractivity contribution in [1.82, 2.24) is 10.2 Å². The molecule has 1 aliphatic heterocycles. The van der Waals surface area contributed by atoms with E-state index >= 15 is 0 Å². The zero-order valence-corrected chi connectivity index (χ0v) is 12.2. The Bertz CT molecular complexity index is 464. The van der Waals surface area contributed by atoms with Gasteiger partial charge in [0, 0.05) is 43.3 Å². The van der Waals surface area contributed by atoms with E-state index in [0.717, 1.165) is 31.5 Å². The van der Waals surface area contributed by atoms with Gasteiger partial charge < -0.3 is 5.32 Å². The number of nitrogens with one attached hydrogen (secondary N) is 1. The second-order valence-electron chi connectivity index (χ2n) is 5.39. The zero-order chi connectivity index (χ0) is 14.5. The molecule has 2 unspecified atom stereocenters. The third-order valence-electron chi connectivity index (χ3n) is 4.14. The van der Waals surface area contributed by atoms with Crippen LogP contribution in [0.5, 0.6) is 0 Å². The molecule has 20 heavy (non-hydrogen) atoms. The first-order chi connectivity index (χ1) is 9.65. The lowest BCUT2D eigenvalue weighted by Crippen LogP contribution is -2.55. The molecule has 5 heteroatoms. The first-order valence-corrected chi connectivity index (χ1v) is 7.35. The fraction of sp³-hybridized carbons (Fsp3) is 0.600. The topological polar surface area (TPSA) is 58.4 Å². The summed E-state index contributed by atoms with van der Waals surface area (Å²) in [5.41, 5.74) is 1.04. The molecule has 1 aliphatic rings. The van der Waals surface area contributed by atoms with Crippen molar-refractivity contribution in [2.75, 3.05) is 13.1 Å². The minimum atomic E-state index is -0.282. The van der Waals surface area contributed by atoms with Crippen LogP contribution in [-0.2, 0) is 6.54 Å². The van der Waals surface area contributed by atoms with E-state index < -0.39 is 0 Å². The van der Waals surface area contributed by atoms with E-state index in [1.54, 1.807) is 12.1 Å². The normalized spacial score (nSPS) is 23.7. The number of rotatable bonds is 5. The highest BCUT2D eigenvalue weighted by Crippen LogP contribution is 2.22. The van der Waals surface area contributed by atoms with Gasteiger partial charge in [-0.25, -0.2) is 0 Å². The molecule has 110 valence electrons. The number of nitro groups is 1. The first kappa shape index (κ1) is 14.9. The van der Waals surface area contributed by atoms with Gasteiger partial charge in [-0.2, -0.15) is 0 Å². The summed E-state index contributed by atoms with van der Waals surface area (Å²) in [5, 5.41) is 14.7. The van der Waals surface area contributed by atoms with Gasteiger partial charge in [0.05, 0.1) is 4.92 Å². The number of hydrogen-bond acceptors (Lipinski definition) is 4. The van der Waals surface area contributed by atoms with Crippen LogP contribution >= 0.6 is 0 Å². The molecule has 1 N–H and O–H groups in total. The van der Waals surface area contributed by atoms with Crippen molar-refractivity contribution in [1.29, 1.82) is 0 Å². The van der Waals surface area contributed by atoms with Crippen molar-refractivity contribution >= 4 is 5.69 Å². The highest BCUT2D eigenvalue weighted by molar-refractivity contribution is 5.39. The zero-order valence-electron chi connectivity index (χ0n) is 12.2. The molecule has 0 aliphatic carbocycles. The average molecular weight is 277 g/mol. The largest absolute Gasteiger partial charge is 0.311 e. The van der Waals surface area contributed by atoms with E-state index in [2.05, 4.69) is 24.1 Å². The smallest absolute Gasteiger partial charge is 0.273 e. The Kier molecular flexibility index (Phi) is 5.09. The van der Waals surface area contributed by atoms with Crippen molar-refractivity contribution in [3.8, 4) is 0 Å². The van der Waals surface area contributed by atoms with Crippen molar-refractivity contribution in [2.45, 2.75) is 45.3 Å². The van der Waals surface area contributed by atoms with Crippen LogP contribution in [0.3, 0.4) is 0 Å². The maximum Gasteiger partial charge on any atom is 0.273 e. The van der Waals surface area contributed by atoms with Crippen LogP contribution in [0.2, 0.25) is 0 Å². The average Bonchev–Trinajstić information content (AvgIpc) is 2.47. The van der Waals surface area contributed by atoms with Gasteiger partial charge in [-0.05, 0) is 12.8 Å². The number of para-hydroxylation sites is 1.